The van der Waals surface area contributed by atoms with E-state index in [1.807, 2.05) is 0 Å². The number of ether oxygens (including phenoxy) is 1. The standard InChI is InChI=1S/C67H54N2O/c1-66(2)56-26-13-12-23-51(56)52-31-30-50(41-58(52)66)68(48-19-8-4-9-20-48)60-33-34-62-65(69(49-21-10-5-11-22-49)59-27-14-15-28-61(59)70-62)63(60)54-25-16-24-53-55-40-45(44-17-6-3-7-18-44)29-32-57(55)67(64(53)54)46-36-42-35-43(38-46)39-47(67)37-42/h3-34,40-43,46-47H,35-39H2,1-2H3. The van der Waals surface area contributed by atoms with Crippen molar-refractivity contribution in [2.75, 3.05) is 9.80 Å². The third kappa shape index (κ3) is 5.58. The van der Waals surface area contributed by atoms with E-state index in [9.17, 15) is 0 Å². The number of rotatable bonds is 6. The normalized spacial score (nSPS) is 22.1. The average Bonchev–Trinajstić information content (AvgIpc) is 3.83. The van der Waals surface area contributed by atoms with Crippen LogP contribution in [0.25, 0.3) is 44.5 Å². The second kappa shape index (κ2) is 14.9. The molecular formula is C67H54N2O. The van der Waals surface area contributed by atoms with E-state index in [4.69, 9.17) is 4.74 Å². The van der Waals surface area contributed by atoms with E-state index < -0.39 is 0 Å². The minimum atomic E-state index is -0.166. The van der Waals surface area contributed by atoms with Crippen molar-refractivity contribution in [1.29, 1.82) is 0 Å². The lowest BCUT2D eigenvalue weighted by molar-refractivity contribution is -0.0397. The molecular weight excluding hydrogens is 849 g/mol. The summed E-state index contributed by atoms with van der Waals surface area (Å²) < 4.78 is 7.18. The monoisotopic (exact) mass is 902 g/mol. The summed E-state index contributed by atoms with van der Waals surface area (Å²) >= 11 is 0. The Morgan fingerprint density at radius 3 is 1.90 bits per heavy atom. The summed E-state index contributed by atoms with van der Waals surface area (Å²) in [6, 6.07) is 77.4. The lowest BCUT2D eigenvalue weighted by Gasteiger charge is -2.61. The van der Waals surface area contributed by atoms with Gasteiger partial charge in [-0.2, -0.15) is 0 Å². The van der Waals surface area contributed by atoms with Crippen molar-refractivity contribution in [3.05, 3.63) is 229 Å². The molecule has 6 aliphatic carbocycles. The first-order valence-corrected chi connectivity index (χ1v) is 25.7. The Balaban J connectivity index is 1.06. The molecule has 0 unspecified atom stereocenters. The number of benzene rings is 9. The number of hydrogen-bond acceptors (Lipinski definition) is 3. The fraction of sp³-hybridized carbons (Fsp3) is 0.194. The lowest BCUT2D eigenvalue weighted by atomic mass is 9.42. The molecule has 0 saturated heterocycles. The molecule has 0 N–H and O–H groups in total. The topological polar surface area (TPSA) is 15.7 Å². The Labute approximate surface area is 411 Å². The van der Waals surface area contributed by atoms with E-state index in [1.54, 1.807) is 5.56 Å². The van der Waals surface area contributed by atoms with Crippen molar-refractivity contribution in [1.82, 2.24) is 0 Å². The van der Waals surface area contributed by atoms with Gasteiger partial charge in [-0.25, -0.2) is 0 Å². The molecule has 0 aromatic heterocycles. The molecule has 3 heteroatoms. The van der Waals surface area contributed by atoms with Crippen LogP contribution in [0.3, 0.4) is 0 Å². The van der Waals surface area contributed by atoms with Crippen LogP contribution in [0.1, 0.15) is 68.2 Å². The van der Waals surface area contributed by atoms with Crippen molar-refractivity contribution in [2.45, 2.75) is 56.8 Å². The maximum atomic E-state index is 7.18. The summed E-state index contributed by atoms with van der Waals surface area (Å²) in [5, 5.41) is 0. The summed E-state index contributed by atoms with van der Waals surface area (Å²) in [7, 11) is 0. The summed E-state index contributed by atoms with van der Waals surface area (Å²) in [6.45, 7) is 4.79. The summed E-state index contributed by atoms with van der Waals surface area (Å²) in [5.41, 5.74) is 22.7. The molecule has 1 aliphatic heterocycles. The highest BCUT2D eigenvalue weighted by molar-refractivity contribution is 6.06. The highest BCUT2D eigenvalue weighted by Crippen LogP contribution is 2.72. The van der Waals surface area contributed by atoms with Gasteiger partial charge in [-0.05, 0) is 184 Å². The fourth-order valence-corrected chi connectivity index (χ4v) is 15.2. The zero-order valence-electron chi connectivity index (χ0n) is 39.8. The third-order valence-corrected chi connectivity index (χ3v) is 17.8. The molecule has 1 heterocycles. The van der Waals surface area contributed by atoms with Gasteiger partial charge >= 0.3 is 0 Å². The predicted octanol–water partition coefficient (Wildman–Crippen LogP) is 18.1. The van der Waals surface area contributed by atoms with Gasteiger partial charge in [0.15, 0.2) is 11.5 Å². The van der Waals surface area contributed by atoms with Crippen molar-refractivity contribution in [3.63, 3.8) is 0 Å². The smallest absolute Gasteiger partial charge is 0.152 e. The molecule has 0 radical (unpaired) electrons. The maximum absolute atomic E-state index is 7.18. The number of para-hydroxylation sites is 4. The Hall–Kier alpha value is -7.62. The van der Waals surface area contributed by atoms with E-state index in [0.717, 1.165) is 57.5 Å². The predicted molar refractivity (Wildman–Crippen MR) is 288 cm³/mol. The minimum Gasteiger partial charge on any atom is -0.453 e. The number of nitrogens with zero attached hydrogens (tertiary/aromatic N) is 2. The molecule has 9 aromatic carbocycles. The highest BCUT2D eigenvalue weighted by Gasteiger charge is 2.62. The zero-order valence-corrected chi connectivity index (χ0v) is 39.8. The highest BCUT2D eigenvalue weighted by atomic mass is 16.5. The van der Waals surface area contributed by atoms with Crippen LogP contribution in [0.2, 0.25) is 0 Å². The van der Waals surface area contributed by atoms with Crippen LogP contribution < -0.4 is 14.5 Å². The molecule has 1 spiro atoms. The van der Waals surface area contributed by atoms with Crippen LogP contribution in [-0.4, -0.2) is 0 Å². The number of fused-ring (bicyclic) bond motifs is 8. The molecule has 7 aliphatic rings. The van der Waals surface area contributed by atoms with Gasteiger partial charge in [0.2, 0.25) is 0 Å². The van der Waals surface area contributed by atoms with E-state index in [1.165, 1.54) is 93.3 Å². The Kier molecular flexibility index (Phi) is 8.60. The molecule has 70 heavy (non-hydrogen) atoms. The van der Waals surface area contributed by atoms with Crippen LogP contribution in [0.5, 0.6) is 11.5 Å². The third-order valence-electron chi connectivity index (χ3n) is 17.8. The van der Waals surface area contributed by atoms with Crippen LogP contribution >= 0.6 is 0 Å². The first-order valence-electron chi connectivity index (χ1n) is 25.7. The average molecular weight is 903 g/mol. The van der Waals surface area contributed by atoms with E-state index in [2.05, 4.69) is 230 Å². The van der Waals surface area contributed by atoms with Gasteiger partial charge in [-0.1, -0.05) is 153 Å². The van der Waals surface area contributed by atoms with Crippen LogP contribution in [-0.2, 0) is 10.8 Å². The Morgan fingerprint density at radius 1 is 0.457 bits per heavy atom. The van der Waals surface area contributed by atoms with Crippen molar-refractivity contribution < 1.29 is 4.74 Å². The summed E-state index contributed by atoms with van der Waals surface area (Å²) in [6.07, 6.45) is 6.62. The molecule has 3 nitrogen and oxygen atoms in total. The zero-order chi connectivity index (χ0) is 46.3. The molecule has 338 valence electrons. The van der Waals surface area contributed by atoms with Gasteiger partial charge in [-0.3, -0.25) is 0 Å². The first-order chi connectivity index (χ1) is 34.4. The number of anilines is 6. The van der Waals surface area contributed by atoms with Crippen molar-refractivity contribution in [2.24, 2.45) is 23.7 Å². The van der Waals surface area contributed by atoms with E-state index in [-0.39, 0.29) is 10.8 Å². The molecule has 16 rings (SSSR count). The largest absolute Gasteiger partial charge is 0.453 e. The first kappa shape index (κ1) is 40.3. The van der Waals surface area contributed by atoms with Gasteiger partial charge in [0.05, 0.1) is 17.1 Å². The Morgan fingerprint density at radius 2 is 1.11 bits per heavy atom. The van der Waals surface area contributed by atoms with Gasteiger partial charge in [0, 0.05) is 33.5 Å². The van der Waals surface area contributed by atoms with Gasteiger partial charge in [-0.15, -0.1) is 0 Å². The summed E-state index contributed by atoms with van der Waals surface area (Å²) in [4.78, 5) is 5.05. The maximum Gasteiger partial charge on any atom is 0.152 e. The van der Waals surface area contributed by atoms with Crippen molar-refractivity contribution in [3.8, 4) is 56.0 Å². The minimum absolute atomic E-state index is 0.115. The SMILES string of the molecule is CC1(C)c2ccccc2-c2ccc(N(c3ccccc3)c3ccc4c(c3-c3cccc5c3C3(c6ccc(-c7ccccc7)cc6-5)C5CC6CC(C5)CC3C6)N(c3ccccc3)c3ccccc3O4)cc21. The van der Waals surface area contributed by atoms with Crippen LogP contribution in [0.4, 0.5) is 34.1 Å². The van der Waals surface area contributed by atoms with E-state index in [0.29, 0.717) is 11.8 Å². The molecule has 4 saturated carbocycles. The fourth-order valence-electron chi connectivity index (χ4n) is 15.2. The summed E-state index contributed by atoms with van der Waals surface area (Å²) in [5.74, 6) is 4.50. The molecule has 9 aromatic rings. The quantitative estimate of drug-likeness (QED) is 0.165. The van der Waals surface area contributed by atoms with Crippen LogP contribution in [0.15, 0.2) is 206 Å². The van der Waals surface area contributed by atoms with Crippen LogP contribution in [0, 0.1) is 23.7 Å². The van der Waals surface area contributed by atoms with Crippen molar-refractivity contribution >= 4 is 34.1 Å². The molecule has 4 bridgehead atoms. The van der Waals surface area contributed by atoms with E-state index >= 15 is 0 Å². The van der Waals surface area contributed by atoms with Gasteiger partial charge in [0.1, 0.15) is 0 Å². The lowest BCUT2D eigenvalue weighted by Crippen LogP contribution is -2.55. The molecule has 0 atom stereocenters. The molecule has 0 amide bonds. The second-order valence-electron chi connectivity index (χ2n) is 21.6. The second-order valence-corrected chi connectivity index (χ2v) is 21.6. The van der Waals surface area contributed by atoms with Gasteiger partial charge in [0.25, 0.3) is 0 Å². The molecule has 4 fully saturated rings. The van der Waals surface area contributed by atoms with Gasteiger partial charge < -0.3 is 14.5 Å². The number of hydrogen-bond donors (Lipinski definition) is 0. The Bertz CT molecular complexity index is 3550.